The first-order valence-corrected chi connectivity index (χ1v) is 5.05. The van der Waals surface area contributed by atoms with Crippen LogP contribution in [0.15, 0.2) is 12.7 Å². The van der Waals surface area contributed by atoms with Gasteiger partial charge in [0.2, 0.25) is 0 Å². The Hall–Kier alpha value is -0.990. The lowest BCUT2D eigenvalue weighted by Crippen LogP contribution is -2.26. The highest BCUT2D eigenvalue weighted by Crippen LogP contribution is 1.97. The Morgan fingerprint density at radius 1 is 1.41 bits per heavy atom. The van der Waals surface area contributed by atoms with Crippen LogP contribution in [0.1, 0.15) is 6.42 Å². The van der Waals surface area contributed by atoms with E-state index in [4.69, 9.17) is 14.6 Å². The average Bonchev–Trinajstić information content (AvgIpc) is 2.28. The van der Waals surface area contributed by atoms with Crippen LogP contribution in [0.5, 0.6) is 0 Å². The molecule has 7 nitrogen and oxygen atoms in total. The molecule has 0 aliphatic carbocycles. The molecule has 0 saturated carbocycles. The molecule has 1 unspecified atom stereocenters. The lowest BCUT2D eigenvalue weighted by atomic mass is 10.4. The van der Waals surface area contributed by atoms with E-state index in [9.17, 15) is 4.79 Å². The van der Waals surface area contributed by atoms with E-state index in [1.54, 1.807) is 0 Å². The molecule has 0 aromatic rings. The van der Waals surface area contributed by atoms with Gasteiger partial charge in [-0.05, 0) is 0 Å². The Balaban J connectivity index is 3.58. The summed E-state index contributed by atoms with van der Waals surface area (Å²) in [5.41, 5.74) is 0. The summed E-state index contributed by atoms with van der Waals surface area (Å²) in [4.78, 5) is 19.5. The number of hydrogen-bond donors (Lipinski definition) is 1. The van der Waals surface area contributed by atoms with Gasteiger partial charge < -0.3 is 14.6 Å². The molecule has 0 radical (unpaired) electrons. The number of ether oxygens (including phenoxy) is 2. The number of rotatable bonds is 12. The van der Waals surface area contributed by atoms with Crippen LogP contribution in [0.3, 0.4) is 0 Å². The maximum absolute atomic E-state index is 10.3. The maximum atomic E-state index is 10.3. The summed E-state index contributed by atoms with van der Waals surface area (Å²) in [6.45, 7) is 4.05. The lowest BCUT2D eigenvalue weighted by Gasteiger charge is -2.15. The molecule has 0 heterocycles. The van der Waals surface area contributed by atoms with Crippen LogP contribution in [0.25, 0.3) is 0 Å². The van der Waals surface area contributed by atoms with E-state index in [1.165, 1.54) is 13.2 Å². The van der Waals surface area contributed by atoms with Gasteiger partial charge in [-0.2, -0.15) is 0 Å². The van der Waals surface area contributed by atoms with Crippen molar-refractivity contribution in [3.63, 3.8) is 0 Å². The number of carbonyl (C=O) groups is 1. The molecule has 17 heavy (non-hydrogen) atoms. The normalized spacial score (nSPS) is 12.3. The Morgan fingerprint density at radius 2 is 2.18 bits per heavy atom. The number of carboxylic acids is 1. The largest absolute Gasteiger partial charge is 0.481 e. The van der Waals surface area contributed by atoms with Gasteiger partial charge in [0.1, 0.15) is 19.3 Å². The molecule has 0 aliphatic rings. The molecule has 7 heteroatoms. The molecule has 0 bridgehead atoms. The second kappa shape index (κ2) is 11.5. The van der Waals surface area contributed by atoms with Gasteiger partial charge in [-0.15, -0.1) is 6.58 Å². The van der Waals surface area contributed by atoms with Crippen molar-refractivity contribution in [3.8, 4) is 0 Å². The first-order valence-electron chi connectivity index (χ1n) is 5.05. The summed E-state index contributed by atoms with van der Waals surface area (Å²) in [5, 5.41) is 12.8. The molecule has 1 atom stereocenters. The number of methoxy groups -OCH3 is 1. The van der Waals surface area contributed by atoms with E-state index in [1.807, 2.05) is 0 Å². The van der Waals surface area contributed by atoms with E-state index < -0.39 is 12.1 Å². The summed E-state index contributed by atoms with van der Waals surface area (Å²) in [5.74, 6) is -0.923. The second-order valence-electron chi connectivity index (χ2n) is 3.02. The summed E-state index contributed by atoms with van der Waals surface area (Å²) in [7, 11) is 1.50. The summed E-state index contributed by atoms with van der Waals surface area (Å²) < 4.78 is 10.1. The SMILES string of the molecule is C=CCOOOCC(COC)OCCC(=O)O. The molecule has 0 spiro atoms. The molecule has 0 saturated heterocycles. The second-order valence-corrected chi connectivity index (χ2v) is 3.02. The number of aliphatic carboxylic acids is 1. The van der Waals surface area contributed by atoms with Crippen molar-refractivity contribution in [2.45, 2.75) is 12.5 Å². The van der Waals surface area contributed by atoms with E-state index in [0.29, 0.717) is 0 Å². The highest BCUT2D eigenvalue weighted by molar-refractivity contribution is 5.66. The van der Waals surface area contributed by atoms with Gasteiger partial charge in [-0.25, -0.2) is 9.78 Å². The molecule has 0 aromatic carbocycles. The van der Waals surface area contributed by atoms with Crippen molar-refractivity contribution in [2.75, 3.05) is 33.5 Å². The molecular formula is C10H18O7. The van der Waals surface area contributed by atoms with Crippen molar-refractivity contribution < 1.29 is 34.2 Å². The number of hydrogen-bond acceptors (Lipinski definition) is 6. The molecule has 1 N–H and O–H groups in total. The van der Waals surface area contributed by atoms with Crippen molar-refractivity contribution in [2.24, 2.45) is 0 Å². The topological polar surface area (TPSA) is 83.5 Å². The Kier molecular flexibility index (Phi) is 10.8. The zero-order chi connectivity index (χ0) is 12.9. The van der Waals surface area contributed by atoms with Gasteiger partial charge in [-0.3, -0.25) is 4.79 Å². The third-order valence-corrected chi connectivity index (χ3v) is 1.56. The van der Waals surface area contributed by atoms with Crippen molar-refractivity contribution in [1.29, 1.82) is 0 Å². The quantitative estimate of drug-likeness (QED) is 0.234. The molecular weight excluding hydrogens is 232 g/mol. The van der Waals surface area contributed by atoms with Gasteiger partial charge in [0, 0.05) is 7.11 Å². The van der Waals surface area contributed by atoms with E-state index in [-0.39, 0.29) is 32.8 Å². The van der Waals surface area contributed by atoms with Crippen molar-refractivity contribution in [3.05, 3.63) is 12.7 Å². The van der Waals surface area contributed by atoms with Crippen molar-refractivity contribution in [1.82, 2.24) is 0 Å². The minimum absolute atomic E-state index is 0.0740. The predicted molar refractivity (Wildman–Crippen MR) is 57.1 cm³/mol. The summed E-state index contributed by atoms with van der Waals surface area (Å²) >= 11 is 0. The minimum Gasteiger partial charge on any atom is -0.481 e. The van der Waals surface area contributed by atoms with Crippen molar-refractivity contribution >= 4 is 5.97 Å². The first kappa shape index (κ1) is 16.0. The molecule has 0 rings (SSSR count). The van der Waals surface area contributed by atoms with Gasteiger partial charge in [0.15, 0.2) is 0 Å². The lowest BCUT2D eigenvalue weighted by molar-refractivity contribution is -0.512. The van der Waals surface area contributed by atoms with E-state index >= 15 is 0 Å². The Morgan fingerprint density at radius 3 is 2.76 bits per heavy atom. The van der Waals surface area contributed by atoms with Crippen LogP contribution in [0.2, 0.25) is 0 Å². The smallest absolute Gasteiger partial charge is 0.305 e. The number of carboxylic acid groups (broad SMARTS) is 1. The third kappa shape index (κ3) is 11.3. The fourth-order valence-corrected chi connectivity index (χ4v) is 0.857. The summed E-state index contributed by atoms with van der Waals surface area (Å²) in [6, 6.07) is 0. The summed E-state index contributed by atoms with van der Waals surface area (Å²) in [6.07, 6.45) is 1.01. The van der Waals surface area contributed by atoms with Crippen LogP contribution in [-0.2, 0) is 29.1 Å². The molecule has 0 aromatic heterocycles. The first-order chi connectivity index (χ1) is 8.20. The van der Waals surface area contributed by atoms with Crippen LogP contribution >= 0.6 is 0 Å². The average molecular weight is 250 g/mol. The minimum atomic E-state index is -0.923. The molecule has 100 valence electrons. The van der Waals surface area contributed by atoms with Gasteiger partial charge in [0.05, 0.1) is 19.6 Å². The zero-order valence-electron chi connectivity index (χ0n) is 9.79. The van der Waals surface area contributed by atoms with Crippen LogP contribution in [-0.4, -0.2) is 50.7 Å². The van der Waals surface area contributed by atoms with Crippen LogP contribution in [0, 0.1) is 0 Å². The van der Waals surface area contributed by atoms with E-state index in [2.05, 4.69) is 21.4 Å². The fraction of sp³-hybridized carbons (Fsp3) is 0.700. The third-order valence-electron chi connectivity index (χ3n) is 1.56. The fourth-order valence-electron chi connectivity index (χ4n) is 0.857. The highest BCUT2D eigenvalue weighted by Gasteiger charge is 2.11. The van der Waals surface area contributed by atoms with Gasteiger partial charge >= 0.3 is 5.97 Å². The van der Waals surface area contributed by atoms with E-state index in [0.717, 1.165) is 0 Å². The predicted octanol–water partition coefficient (Wildman–Crippen LogP) is 0.558. The monoisotopic (exact) mass is 250 g/mol. The maximum Gasteiger partial charge on any atom is 0.305 e. The van der Waals surface area contributed by atoms with Gasteiger partial charge in [0.25, 0.3) is 0 Å². The van der Waals surface area contributed by atoms with Gasteiger partial charge in [-0.1, -0.05) is 11.1 Å². The highest BCUT2D eigenvalue weighted by atomic mass is 17.5. The molecule has 0 amide bonds. The Labute approximate surface area is 99.7 Å². The standard InChI is InChI=1S/C10H18O7/c1-3-5-15-17-16-8-9(7-13-2)14-6-4-10(11)12/h3,9H,1,4-8H2,2H3,(H,11,12). The van der Waals surface area contributed by atoms with Crippen LogP contribution < -0.4 is 0 Å². The zero-order valence-corrected chi connectivity index (χ0v) is 9.79. The molecule has 0 aliphatic heterocycles. The molecule has 0 fully saturated rings. The van der Waals surface area contributed by atoms with Crippen LogP contribution in [0.4, 0.5) is 0 Å². The Bertz CT molecular complexity index is 207.